The van der Waals surface area contributed by atoms with Crippen molar-refractivity contribution in [3.05, 3.63) is 24.3 Å². The van der Waals surface area contributed by atoms with Crippen LogP contribution in [0.3, 0.4) is 0 Å². The van der Waals surface area contributed by atoms with Crippen LogP contribution in [0.15, 0.2) is 24.3 Å². The second-order valence-corrected chi connectivity index (χ2v) is 4.77. The summed E-state index contributed by atoms with van der Waals surface area (Å²) in [7, 11) is 1.62. The van der Waals surface area contributed by atoms with E-state index in [-0.39, 0.29) is 12.1 Å². The Morgan fingerprint density at radius 2 is 2.27 bits per heavy atom. The number of benzene rings is 1. The van der Waals surface area contributed by atoms with Gasteiger partial charge in [0.15, 0.2) is 0 Å². The number of methoxy groups -OCH3 is 1. The fourth-order valence-corrected chi connectivity index (χ4v) is 1.94. The van der Waals surface area contributed by atoms with E-state index in [1.165, 1.54) is 0 Å². The lowest BCUT2D eigenvalue weighted by molar-refractivity contribution is -0.0852. The third kappa shape index (κ3) is 5.88. The number of urea groups is 1. The van der Waals surface area contributed by atoms with Crippen molar-refractivity contribution in [3.8, 4) is 5.75 Å². The molecule has 0 unspecified atom stereocenters. The van der Waals surface area contributed by atoms with Gasteiger partial charge in [-0.05, 0) is 12.1 Å². The van der Waals surface area contributed by atoms with Crippen LogP contribution < -0.4 is 15.4 Å². The summed E-state index contributed by atoms with van der Waals surface area (Å²) >= 11 is 0. The number of amides is 2. The Morgan fingerprint density at radius 3 is 3.05 bits per heavy atom. The molecule has 2 rings (SSSR count). The Hall–Kier alpha value is -1.83. The molecule has 2 N–H and O–H groups in total. The Balaban J connectivity index is 1.74. The fourth-order valence-electron chi connectivity index (χ4n) is 1.94. The van der Waals surface area contributed by atoms with Gasteiger partial charge in [0.25, 0.3) is 0 Å². The molecule has 1 aliphatic heterocycles. The molecule has 0 spiro atoms. The smallest absolute Gasteiger partial charge is 0.319 e. The standard InChI is InChI=1S/C15H22N2O5/c1-19-5-7-21-13-4-2-3-12(9-13)17-15(18)16-10-14-11-20-6-8-22-14/h2-4,9,14H,5-8,10-11H2,1H3,(H2,16,17,18)/t14-/m1/s1. The molecule has 1 saturated heterocycles. The maximum Gasteiger partial charge on any atom is 0.319 e. The molecule has 0 saturated carbocycles. The molecular formula is C15H22N2O5. The van der Waals surface area contributed by atoms with E-state index < -0.39 is 0 Å². The Labute approximate surface area is 129 Å². The lowest BCUT2D eigenvalue weighted by Crippen LogP contribution is -2.41. The van der Waals surface area contributed by atoms with Crippen LogP contribution in [-0.4, -0.2) is 58.8 Å². The zero-order valence-corrected chi connectivity index (χ0v) is 12.7. The molecule has 1 aliphatic rings. The molecule has 1 atom stereocenters. The van der Waals surface area contributed by atoms with Gasteiger partial charge >= 0.3 is 6.03 Å². The number of hydrogen-bond acceptors (Lipinski definition) is 5. The second-order valence-electron chi connectivity index (χ2n) is 4.77. The van der Waals surface area contributed by atoms with Crippen LogP contribution in [0.25, 0.3) is 0 Å². The predicted octanol–water partition coefficient (Wildman–Crippen LogP) is 1.25. The molecule has 1 aromatic carbocycles. The van der Waals surface area contributed by atoms with E-state index >= 15 is 0 Å². The van der Waals surface area contributed by atoms with Gasteiger partial charge < -0.3 is 29.6 Å². The molecule has 7 heteroatoms. The van der Waals surface area contributed by atoms with Crippen molar-refractivity contribution in [3.63, 3.8) is 0 Å². The fraction of sp³-hybridized carbons (Fsp3) is 0.533. The highest BCUT2D eigenvalue weighted by molar-refractivity contribution is 5.89. The van der Waals surface area contributed by atoms with Crippen LogP contribution in [0.1, 0.15) is 0 Å². The van der Waals surface area contributed by atoms with E-state index in [1.807, 2.05) is 12.1 Å². The molecule has 1 heterocycles. The summed E-state index contributed by atoms with van der Waals surface area (Å²) in [6.07, 6.45) is -0.0942. The molecule has 0 bridgehead atoms. The van der Waals surface area contributed by atoms with E-state index in [0.717, 1.165) is 0 Å². The van der Waals surface area contributed by atoms with Gasteiger partial charge in [0.05, 0.1) is 32.5 Å². The van der Waals surface area contributed by atoms with E-state index in [9.17, 15) is 4.79 Å². The van der Waals surface area contributed by atoms with Crippen molar-refractivity contribution >= 4 is 11.7 Å². The maximum atomic E-state index is 11.8. The normalized spacial score (nSPS) is 17.8. The topological polar surface area (TPSA) is 78.1 Å². The summed E-state index contributed by atoms with van der Waals surface area (Å²) in [4.78, 5) is 11.8. The average Bonchev–Trinajstić information content (AvgIpc) is 2.55. The minimum Gasteiger partial charge on any atom is -0.491 e. The zero-order valence-electron chi connectivity index (χ0n) is 12.7. The van der Waals surface area contributed by atoms with Gasteiger partial charge in [0.2, 0.25) is 0 Å². The minimum absolute atomic E-state index is 0.0942. The van der Waals surface area contributed by atoms with Crippen LogP contribution in [-0.2, 0) is 14.2 Å². The van der Waals surface area contributed by atoms with E-state index in [1.54, 1.807) is 19.2 Å². The number of ether oxygens (including phenoxy) is 4. The number of carbonyl (C=O) groups excluding carboxylic acids is 1. The van der Waals surface area contributed by atoms with Crippen LogP contribution >= 0.6 is 0 Å². The highest BCUT2D eigenvalue weighted by Crippen LogP contribution is 2.17. The quantitative estimate of drug-likeness (QED) is 0.741. The maximum absolute atomic E-state index is 11.8. The number of nitrogens with one attached hydrogen (secondary N) is 2. The average molecular weight is 310 g/mol. The lowest BCUT2D eigenvalue weighted by atomic mass is 10.3. The van der Waals surface area contributed by atoms with Gasteiger partial charge in [0.1, 0.15) is 12.4 Å². The van der Waals surface area contributed by atoms with Crippen molar-refractivity contribution in [2.75, 3.05) is 52.0 Å². The molecule has 0 radical (unpaired) electrons. The Bertz CT molecular complexity index is 463. The first-order chi connectivity index (χ1) is 10.8. The number of anilines is 1. The van der Waals surface area contributed by atoms with Gasteiger partial charge in [-0.3, -0.25) is 0 Å². The highest BCUT2D eigenvalue weighted by Gasteiger charge is 2.15. The van der Waals surface area contributed by atoms with Crippen LogP contribution in [0.2, 0.25) is 0 Å². The number of hydrogen-bond donors (Lipinski definition) is 2. The van der Waals surface area contributed by atoms with E-state index in [4.69, 9.17) is 18.9 Å². The third-order valence-corrected chi connectivity index (χ3v) is 3.02. The first-order valence-corrected chi connectivity index (χ1v) is 7.24. The molecular weight excluding hydrogens is 288 g/mol. The summed E-state index contributed by atoms with van der Waals surface area (Å²) in [5, 5.41) is 5.51. The first kappa shape index (κ1) is 16.5. The third-order valence-electron chi connectivity index (χ3n) is 3.02. The van der Waals surface area contributed by atoms with Gasteiger partial charge in [-0.25, -0.2) is 4.79 Å². The second kappa shape index (κ2) is 9.24. The van der Waals surface area contributed by atoms with Gasteiger partial charge in [-0.2, -0.15) is 0 Å². The zero-order chi connectivity index (χ0) is 15.6. The summed E-state index contributed by atoms with van der Waals surface area (Å²) in [5.41, 5.74) is 0.660. The van der Waals surface area contributed by atoms with Crippen molar-refractivity contribution in [1.82, 2.24) is 5.32 Å². The Kier molecular flexibility index (Phi) is 6.95. The molecule has 1 fully saturated rings. The van der Waals surface area contributed by atoms with E-state index in [2.05, 4.69) is 10.6 Å². The van der Waals surface area contributed by atoms with Crippen molar-refractivity contribution in [2.45, 2.75) is 6.10 Å². The molecule has 22 heavy (non-hydrogen) atoms. The van der Waals surface area contributed by atoms with Crippen LogP contribution in [0.5, 0.6) is 5.75 Å². The van der Waals surface area contributed by atoms with E-state index in [0.29, 0.717) is 51.0 Å². The number of carbonyl (C=O) groups is 1. The lowest BCUT2D eigenvalue weighted by Gasteiger charge is -2.23. The van der Waals surface area contributed by atoms with Crippen molar-refractivity contribution in [2.24, 2.45) is 0 Å². The molecule has 0 aliphatic carbocycles. The molecule has 7 nitrogen and oxygen atoms in total. The van der Waals surface area contributed by atoms with Crippen molar-refractivity contribution < 1.29 is 23.7 Å². The van der Waals surface area contributed by atoms with Crippen LogP contribution in [0, 0.1) is 0 Å². The van der Waals surface area contributed by atoms with Gasteiger partial charge in [-0.15, -0.1) is 0 Å². The minimum atomic E-state index is -0.289. The SMILES string of the molecule is COCCOc1cccc(NC(=O)NC[C@@H]2COCCO2)c1. The Morgan fingerprint density at radius 1 is 1.36 bits per heavy atom. The summed E-state index contributed by atoms with van der Waals surface area (Å²) in [6, 6.07) is 6.91. The summed E-state index contributed by atoms with van der Waals surface area (Å²) in [5.74, 6) is 0.680. The first-order valence-electron chi connectivity index (χ1n) is 7.24. The molecule has 2 amide bonds. The monoisotopic (exact) mass is 310 g/mol. The largest absolute Gasteiger partial charge is 0.491 e. The summed E-state index contributed by atoms with van der Waals surface area (Å²) in [6.45, 7) is 3.07. The van der Waals surface area contributed by atoms with Gasteiger partial charge in [-0.1, -0.05) is 6.07 Å². The van der Waals surface area contributed by atoms with Crippen molar-refractivity contribution in [1.29, 1.82) is 0 Å². The van der Waals surface area contributed by atoms with Gasteiger partial charge in [0, 0.05) is 25.4 Å². The predicted molar refractivity (Wildman–Crippen MR) is 81.4 cm³/mol. The summed E-state index contributed by atoms with van der Waals surface area (Å²) < 4.78 is 21.1. The molecule has 0 aromatic heterocycles. The number of rotatable bonds is 7. The van der Waals surface area contributed by atoms with Crippen LogP contribution in [0.4, 0.5) is 10.5 Å². The molecule has 1 aromatic rings. The highest BCUT2D eigenvalue weighted by atomic mass is 16.6. The molecule has 122 valence electrons.